The van der Waals surface area contributed by atoms with Crippen molar-refractivity contribution in [3.05, 3.63) is 52.9 Å². The summed E-state index contributed by atoms with van der Waals surface area (Å²) in [5.74, 6) is -0.0000869. The normalized spacial score (nSPS) is 28.2. The molecule has 4 nitrogen and oxygen atoms in total. The molecule has 0 saturated heterocycles. The van der Waals surface area contributed by atoms with Crippen molar-refractivity contribution in [2.75, 3.05) is 0 Å². The van der Waals surface area contributed by atoms with Gasteiger partial charge in [-0.2, -0.15) is 0 Å². The minimum Gasteiger partial charge on any atom is -0.389 e. The third-order valence-electron chi connectivity index (χ3n) is 4.42. The van der Waals surface area contributed by atoms with E-state index >= 15 is 0 Å². The predicted molar refractivity (Wildman–Crippen MR) is 78.0 cm³/mol. The molecular weight excluding hydrogens is 266 g/mol. The van der Waals surface area contributed by atoms with Crippen LogP contribution in [0.3, 0.4) is 0 Å². The lowest BCUT2D eigenvalue weighted by atomic mass is 9.64. The summed E-state index contributed by atoms with van der Waals surface area (Å²) in [6.45, 7) is 5.11. The van der Waals surface area contributed by atoms with Gasteiger partial charge in [-0.3, -0.25) is 4.79 Å². The molecule has 0 fully saturated rings. The molecular formula is C17H19NO3. The van der Waals surface area contributed by atoms with E-state index in [9.17, 15) is 9.90 Å². The molecule has 1 aliphatic rings. The van der Waals surface area contributed by atoms with E-state index in [1.165, 1.54) is 0 Å². The highest BCUT2D eigenvalue weighted by atomic mass is 16.5. The molecule has 3 atom stereocenters. The second-order valence-corrected chi connectivity index (χ2v) is 6.11. The summed E-state index contributed by atoms with van der Waals surface area (Å²) in [6.07, 6.45) is 0.341. The largest absolute Gasteiger partial charge is 0.389 e. The van der Waals surface area contributed by atoms with Crippen LogP contribution in [0, 0.1) is 12.8 Å². The van der Waals surface area contributed by atoms with Crippen LogP contribution in [0.5, 0.6) is 0 Å². The number of aromatic nitrogens is 1. The first-order valence-corrected chi connectivity index (χ1v) is 7.14. The van der Waals surface area contributed by atoms with Crippen molar-refractivity contribution in [1.82, 2.24) is 5.16 Å². The van der Waals surface area contributed by atoms with Gasteiger partial charge in [-0.25, -0.2) is 0 Å². The van der Waals surface area contributed by atoms with E-state index in [0.29, 0.717) is 6.42 Å². The maximum Gasteiger partial charge on any atom is 0.137 e. The molecule has 2 aromatic rings. The molecule has 1 heterocycles. The lowest BCUT2D eigenvalue weighted by molar-refractivity contribution is -0.130. The van der Waals surface area contributed by atoms with Crippen molar-refractivity contribution < 1.29 is 14.4 Å². The van der Waals surface area contributed by atoms with Crippen LogP contribution in [0.1, 0.15) is 42.3 Å². The van der Waals surface area contributed by atoms with Gasteiger partial charge in [0.15, 0.2) is 0 Å². The highest BCUT2D eigenvalue weighted by Crippen LogP contribution is 2.46. The Balaban J connectivity index is 2.24. The van der Waals surface area contributed by atoms with E-state index in [0.717, 1.165) is 22.6 Å². The lowest BCUT2D eigenvalue weighted by Crippen LogP contribution is -2.48. The Kier molecular flexibility index (Phi) is 3.21. The zero-order valence-electron chi connectivity index (χ0n) is 12.5. The van der Waals surface area contributed by atoms with Crippen LogP contribution in [0.2, 0.25) is 0 Å². The summed E-state index contributed by atoms with van der Waals surface area (Å²) in [5, 5.41) is 14.9. The third kappa shape index (κ3) is 2.20. The maximum atomic E-state index is 12.2. The summed E-state index contributed by atoms with van der Waals surface area (Å²) in [4.78, 5) is 12.2. The highest BCUT2D eigenvalue weighted by Gasteiger charge is 2.49. The van der Waals surface area contributed by atoms with Gasteiger partial charge in [-0.1, -0.05) is 35.5 Å². The summed E-state index contributed by atoms with van der Waals surface area (Å²) in [6, 6.07) is 9.79. The van der Waals surface area contributed by atoms with Crippen molar-refractivity contribution in [3.8, 4) is 0 Å². The van der Waals surface area contributed by atoms with Gasteiger partial charge in [0, 0.05) is 17.9 Å². The zero-order chi connectivity index (χ0) is 15.2. The van der Waals surface area contributed by atoms with Crippen LogP contribution in [-0.4, -0.2) is 21.6 Å². The van der Waals surface area contributed by atoms with Crippen LogP contribution < -0.4 is 0 Å². The van der Waals surface area contributed by atoms with E-state index in [1.807, 2.05) is 37.3 Å². The number of nitrogens with zero attached hydrogens (tertiary/aromatic N) is 1. The first kappa shape index (κ1) is 14.0. The average Bonchev–Trinajstić information content (AvgIpc) is 2.77. The Hall–Kier alpha value is -1.94. The summed E-state index contributed by atoms with van der Waals surface area (Å²) < 4.78 is 5.32. The molecule has 0 amide bonds. The van der Waals surface area contributed by atoms with Gasteiger partial charge in [0.1, 0.15) is 11.5 Å². The minimum atomic E-state index is -1.12. The van der Waals surface area contributed by atoms with Crippen molar-refractivity contribution in [2.24, 2.45) is 5.92 Å². The monoisotopic (exact) mass is 285 g/mol. The molecule has 3 rings (SSSR count). The van der Waals surface area contributed by atoms with E-state index in [-0.39, 0.29) is 11.7 Å². The highest BCUT2D eigenvalue weighted by molar-refractivity contribution is 5.82. The van der Waals surface area contributed by atoms with Gasteiger partial charge in [0.2, 0.25) is 0 Å². The van der Waals surface area contributed by atoms with Crippen molar-refractivity contribution >= 4 is 5.78 Å². The Morgan fingerprint density at radius 3 is 2.67 bits per heavy atom. The fourth-order valence-electron chi connectivity index (χ4n) is 3.62. The molecule has 1 aromatic carbocycles. The molecule has 0 spiro atoms. The standard InChI is InChI=1S/C17H19NO3/c1-10(19)16-15(12-7-5-4-6-8-12)14-11(2)21-18-13(14)9-17(16,3)20/h4-8,15-16,20H,9H2,1-3H3/t15-,16+,17+/m1/s1. The molecule has 1 aliphatic carbocycles. The smallest absolute Gasteiger partial charge is 0.137 e. The Labute approximate surface area is 123 Å². The zero-order valence-corrected chi connectivity index (χ0v) is 12.5. The van der Waals surface area contributed by atoms with Crippen LogP contribution in [-0.2, 0) is 11.2 Å². The maximum absolute atomic E-state index is 12.2. The molecule has 1 aromatic heterocycles. The quantitative estimate of drug-likeness (QED) is 0.921. The molecule has 4 heteroatoms. The van der Waals surface area contributed by atoms with E-state index in [4.69, 9.17) is 4.52 Å². The fraction of sp³-hybridized carbons (Fsp3) is 0.412. The lowest BCUT2D eigenvalue weighted by Gasteiger charge is -2.40. The second-order valence-electron chi connectivity index (χ2n) is 6.11. The SMILES string of the molecule is CC(=O)[C@H]1[C@H](c2ccccc2)c2c(noc2C)C[C@]1(C)O. The number of benzene rings is 1. The van der Waals surface area contributed by atoms with Crippen molar-refractivity contribution in [3.63, 3.8) is 0 Å². The summed E-state index contributed by atoms with van der Waals surface area (Å²) in [7, 11) is 0. The summed E-state index contributed by atoms with van der Waals surface area (Å²) in [5.41, 5.74) is 1.59. The number of carbonyl (C=O) groups is 1. The number of hydrogen-bond acceptors (Lipinski definition) is 4. The van der Waals surface area contributed by atoms with Gasteiger partial charge < -0.3 is 9.63 Å². The molecule has 0 radical (unpaired) electrons. The number of hydrogen-bond donors (Lipinski definition) is 1. The summed E-state index contributed by atoms with van der Waals surface area (Å²) >= 11 is 0. The number of aliphatic hydroxyl groups is 1. The number of aryl methyl sites for hydroxylation is 1. The molecule has 0 aliphatic heterocycles. The van der Waals surface area contributed by atoms with Crippen molar-refractivity contribution in [1.29, 1.82) is 0 Å². The Bertz CT molecular complexity index is 673. The first-order chi connectivity index (χ1) is 9.92. The average molecular weight is 285 g/mol. The fourth-order valence-corrected chi connectivity index (χ4v) is 3.62. The molecule has 0 unspecified atom stereocenters. The topological polar surface area (TPSA) is 63.3 Å². The van der Waals surface area contributed by atoms with Gasteiger partial charge in [-0.15, -0.1) is 0 Å². The number of rotatable bonds is 2. The van der Waals surface area contributed by atoms with Gasteiger partial charge in [-0.05, 0) is 26.3 Å². The number of fused-ring (bicyclic) bond motifs is 1. The van der Waals surface area contributed by atoms with E-state index in [1.54, 1.807) is 13.8 Å². The predicted octanol–water partition coefficient (Wildman–Crippen LogP) is 2.63. The molecule has 1 N–H and O–H groups in total. The number of Topliss-reactive ketones (excluding diaryl/α,β-unsaturated/α-hetero) is 1. The third-order valence-corrected chi connectivity index (χ3v) is 4.42. The van der Waals surface area contributed by atoms with Crippen LogP contribution in [0.15, 0.2) is 34.9 Å². The minimum absolute atomic E-state index is 0.0138. The number of carbonyl (C=O) groups excluding carboxylic acids is 1. The van der Waals surface area contributed by atoms with Crippen LogP contribution in [0.25, 0.3) is 0 Å². The second kappa shape index (κ2) is 4.81. The Morgan fingerprint density at radius 1 is 1.38 bits per heavy atom. The van der Waals surface area contributed by atoms with Crippen LogP contribution >= 0.6 is 0 Å². The van der Waals surface area contributed by atoms with Crippen molar-refractivity contribution in [2.45, 2.75) is 38.7 Å². The van der Waals surface area contributed by atoms with Gasteiger partial charge >= 0.3 is 0 Å². The van der Waals surface area contributed by atoms with E-state index < -0.39 is 11.5 Å². The molecule has 21 heavy (non-hydrogen) atoms. The molecule has 110 valence electrons. The first-order valence-electron chi connectivity index (χ1n) is 7.14. The van der Waals surface area contributed by atoms with Gasteiger partial charge in [0.05, 0.1) is 17.2 Å². The van der Waals surface area contributed by atoms with Gasteiger partial charge in [0.25, 0.3) is 0 Å². The molecule has 0 bridgehead atoms. The Morgan fingerprint density at radius 2 is 2.05 bits per heavy atom. The van der Waals surface area contributed by atoms with E-state index in [2.05, 4.69) is 5.16 Å². The van der Waals surface area contributed by atoms with Crippen LogP contribution in [0.4, 0.5) is 0 Å². The number of ketones is 1. The molecule has 0 saturated carbocycles.